The maximum atomic E-state index is 13.0. The third-order valence-corrected chi connectivity index (χ3v) is 10.4. The van der Waals surface area contributed by atoms with Crippen molar-refractivity contribution in [3.05, 3.63) is 71.3 Å². The summed E-state index contributed by atoms with van der Waals surface area (Å²) < 4.78 is 5.55. The average Bonchev–Trinajstić information content (AvgIpc) is 3.48. The van der Waals surface area contributed by atoms with E-state index in [1.165, 1.54) is 29.5 Å². The molecule has 4 fully saturated rings. The highest BCUT2D eigenvalue weighted by Crippen LogP contribution is 2.64. The van der Waals surface area contributed by atoms with Crippen molar-refractivity contribution in [2.45, 2.75) is 62.6 Å². The Morgan fingerprint density at radius 1 is 1.03 bits per heavy atom. The Morgan fingerprint density at radius 2 is 1.82 bits per heavy atom. The Balaban J connectivity index is 0.977. The topological polar surface area (TPSA) is 65.6 Å². The van der Waals surface area contributed by atoms with Crippen LogP contribution in [-0.4, -0.2) is 49.2 Å². The van der Waals surface area contributed by atoms with E-state index in [4.69, 9.17) is 4.74 Å². The summed E-state index contributed by atoms with van der Waals surface area (Å²) in [6, 6.07) is 18.2. The second-order valence-corrected chi connectivity index (χ2v) is 12.6. The fraction of sp³-hybridized carbons (Fsp3) is 0.531. The molecule has 5 aliphatic rings. The van der Waals surface area contributed by atoms with Crippen molar-refractivity contribution >= 4 is 17.7 Å². The van der Waals surface area contributed by atoms with E-state index in [1.807, 2.05) is 12.1 Å². The van der Waals surface area contributed by atoms with Gasteiger partial charge in [-0.1, -0.05) is 54.6 Å². The number of nitrogens with one attached hydrogen (secondary N) is 3. The molecule has 0 radical (unpaired) electrons. The summed E-state index contributed by atoms with van der Waals surface area (Å²) in [7, 11) is 0. The smallest absolute Gasteiger partial charge is 0.235 e. The summed E-state index contributed by atoms with van der Waals surface area (Å²) in [5.74, 6) is 1.90. The first-order chi connectivity index (χ1) is 18.5. The lowest BCUT2D eigenvalue weighted by Crippen LogP contribution is -2.47. The van der Waals surface area contributed by atoms with Crippen LogP contribution in [0.5, 0.6) is 0 Å². The maximum Gasteiger partial charge on any atom is 0.235 e. The molecule has 3 N–H and O–H groups in total. The van der Waals surface area contributed by atoms with Crippen LogP contribution in [0.4, 0.5) is 5.69 Å². The zero-order valence-corrected chi connectivity index (χ0v) is 22.6. The Hall–Kier alpha value is -2.51. The van der Waals surface area contributed by atoms with Gasteiger partial charge in [0.1, 0.15) is 0 Å². The second kappa shape index (κ2) is 9.30. The molecule has 2 aliphatic carbocycles. The van der Waals surface area contributed by atoms with Gasteiger partial charge in [0.05, 0.1) is 18.6 Å². The normalized spacial score (nSPS) is 34.9. The number of carbonyl (C=O) groups excluding carboxylic acids is 1. The molecule has 2 saturated heterocycles. The van der Waals surface area contributed by atoms with Crippen LogP contribution < -0.4 is 16.2 Å². The Morgan fingerprint density at radius 3 is 2.63 bits per heavy atom. The molecular weight excluding hydrogens is 472 g/mol. The molecule has 1 amide bonds. The highest BCUT2D eigenvalue weighted by Gasteiger charge is 2.67. The molecule has 200 valence electrons. The molecule has 2 saturated carbocycles. The minimum absolute atomic E-state index is 0.0101. The SMILES string of the molecule is CC(C)(c1ccc(/C=C/C2NNC3CC([C@@H]4C[C@@]45C(=O)Nc4ccccc45)CCC23)cc1)N1CCOCC1. The lowest BCUT2D eigenvalue weighted by molar-refractivity contribution is -0.118. The fourth-order valence-corrected chi connectivity index (χ4v) is 7.98. The molecular formula is C32H40N4O2. The van der Waals surface area contributed by atoms with Crippen LogP contribution in [0.2, 0.25) is 0 Å². The summed E-state index contributed by atoms with van der Waals surface area (Å²) in [5.41, 5.74) is 11.8. The molecule has 2 aromatic carbocycles. The summed E-state index contributed by atoms with van der Waals surface area (Å²) in [6.45, 7) is 8.24. The van der Waals surface area contributed by atoms with Crippen molar-refractivity contribution in [2.24, 2.45) is 17.8 Å². The van der Waals surface area contributed by atoms with E-state index in [0.29, 0.717) is 29.8 Å². The van der Waals surface area contributed by atoms with E-state index in [-0.39, 0.29) is 16.9 Å². The number of nitrogens with zero attached hydrogens (tertiary/aromatic N) is 1. The number of ether oxygens (including phenoxy) is 1. The van der Waals surface area contributed by atoms with Crippen LogP contribution in [0.15, 0.2) is 54.6 Å². The predicted octanol–water partition coefficient (Wildman–Crippen LogP) is 4.44. The standard InChI is InChI=1S/C32H40N4O2/c1-31(2,36-15-17-38-18-16-36)23-11-7-21(8-12-23)9-14-27-24-13-10-22(19-29(24)35-34-27)26-20-32(26)25-5-3-4-6-28(25)33-30(32)37/h3-9,11-12,14,22,24,26-27,29,34-35H,10,13,15-20H2,1-2H3,(H,33,37)/b14-9+/t22?,24?,26-,27?,29?,32-/m0/s1. The molecule has 0 aromatic heterocycles. The quantitative estimate of drug-likeness (QED) is 0.553. The number of hydrazine groups is 1. The van der Waals surface area contributed by atoms with Gasteiger partial charge in [-0.25, -0.2) is 0 Å². The van der Waals surface area contributed by atoms with Gasteiger partial charge in [0.15, 0.2) is 0 Å². The van der Waals surface area contributed by atoms with E-state index in [2.05, 4.69) is 83.5 Å². The lowest BCUT2D eigenvalue weighted by Gasteiger charge is -2.41. The molecule has 6 atom stereocenters. The van der Waals surface area contributed by atoms with Crippen molar-refractivity contribution in [1.82, 2.24) is 15.8 Å². The minimum atomic E-state index is -0.262. The maximum absolute atomic E-state index is 13.0. The molecule has 6 nitrogen and oxygen atoms in total. The highest BCUT2D eigenvalue weighted by atomic mass is 16.5. The zero-order valence-electron chi connectivity index (χ0n) is 22.6. The highest BCUT2D eigenvalue weighted by molar-refractivity contribution is 6.08. The van der Waals surface area contributed by atoms with Crippen LogP contribution in [0.1, 0.15) is 56.2 Å². The monoisotopic (exact) mass is 512 g/mol. The molecule has 1 spiro atoms. The number of fused-ring (bicyclic) bond motifs is 3. The van der Waals surface area contributed by atoms with Crippen molar-refractivity contribution in [1.29, 1.82) is 0 Å². The van der Waals surface area contributed by atoms with Gasteiger partial charge in [-0.2, -0.15) is 0 Å². The van der Waals surface area contributed by atoms with Crippen molar-refractivity contribution in [3.8, 4) is 0 Å². The van der Waals surface area contributed by atoms with E-state index in [0.717, 1.165) is 44.8 Å². The van der Waals surface area contributed by atoms with Crippen molar-refractivity contribution in [2.75, 3.05) is 31.6 Å². The number of carbonyl (C=O) groups is 1. The number of morpholine rings is 1. The van der Waals surface area contributed by atoms with E-state index >= 15 is 0 Å². The van der Waals surface area contributed by atoms with Gasteiger partial charge in [-0.3, -0.25) is 20.5 Å². The number of amides is 1. The van der Waals surface area contributed by atoms with Gasteiger partial charge >= 0.3 is 0 Å². The first kappa shape index (κ1) is 24.5. The molecule has 38 heavy (non-hydrogen) atoms. The van der Waals surface area contributed by atoms with Gasteiger partial charge in [-0.05, 0) is 80.0 Å². The zero-order chi connectivity index (χ0) is 25.9. The summed E-state index contributed by atoms with van der Waals surface area (Å²) >= 11 is 0. The molecule has 3 heterocycles. The molecule has 6 heteroatoms. The first-order valence-corrected chi connectivity index (χ1v) is 14.5. The van der Waals surface area contributed by atoms with Gasteiger partial charge in [0.2, 0.25) is 5.91 Å². The third kappa shape index (κ3) is 3.96. The largest absolute Gasteiger partial charge is 0.379 e. The van der Waals surface area contributed by atoms with Crippen LogP contribution in [0.25, 0.3) is 6.08 Å². The van der Waals surface area contributed by atoms with Crippen LogP contribution in [0.3, 0.4) is 0 Å². The van der Waals surface area contributed by atoms with Crippen molar-refractivity contribution in [3.63, 3.8) is 0 Å². The number of rotatable bonds is 5. The number of hydrogen-bond donors (Lipinski definition) is 3. The van der Waals surface area contributed by atoms with Gasteiger partial charge in [-0.15, -0.1) is 0 Å². The average molecular weight is 513 g/mol. The summed E-state index contributed by atoms with van der Waals surface area (Å²) in [4.78, 5) is 15.5. The summed E-state index contributed by atoms with van der Waals surface area (Å²) in [5, 5.41) is 3.15. The number of para-hydroxylation sites is 1. The Bertz CT molecular complexity index is 1230. The summed E-state index contributed by atoms with van der Waals surface area (Å²) in [6.07, 6.45) is 9.19. The van der Waals surface area contributed by atoms with E-state index in [1.54, 1.807) is 0 Å². The van der Waals surface area contributed by atoms with Crippen LogP contribution in [-0.2, 0) is 20.5 Å². The number of anilines is 1. The van der Waals surface area contributed by atoms with Gasteiger partial charge < -0.3 is 10.1 Å². The fourth-order valence-electron chi connectivity index (χ4n) is 7.98. The molecule has 2 aromatic rings. The molecule has 7 rings (SSSR count). The van der Waals surface area contributed by atoms with E-state index < -0.39 is 0 Å². The minimum Gasteiger partial charge on any atom is -0.379 e. The lowest BCUT2D eigenvalue weighted by atomic mass is 9.73. The van der Waals surface area contributed by atoms with Crippen LogP contribution >= 0.6 is 0 Å². The second-order valence-electron chi connectivity index (χ2n) is 12.6. The Kier molecular flexibility index (Phi) is 6.00. The number of benzene rings is 2. The molecule has 3 aliphatic heterocycles. The first-order valence-electron chi connectivity index (χ1n) is 14.5. The van der Waals surface area contributed by atoms with E-state index in [9.17, 15) is 4.79 Å². The van der Waals surface area contributed by atoms with Crippen LogP contribution in [0, 0.1) is 17.8 Å². The molecule has 4 unspecified atom stereocenters. The van der Waals surface area contributed by atoms with Crippen molar-refractivity contribution < 1.29 is 9.53 Å². The Labute approximate surface area is 226 Å². The van der Waals surface area contributed by atoms with Gasteiger partial charge in [0, 0.05) is 36.4 Å². The number of hydrogen-bond acceptors (Lipinski definition) is 5. The van der Waals surface area contributed by atoms with Gasteiger partial charge in [0.25, 0.3) is 0 Å². The third-order valence-electron chi connectivity index (χ3n) is 10.4. The molecule has 0 bridgehead atoms. The predicted molar refractivity (Wildman–Crippen MR) is 150 cm³/mol.